The van der Waals surface area contributed by atoms with Gasteiger partial charge in [0.1, 0.15) is 25.7 Å². The summed E-state index contributed by atoms with van der Waals surface area (Å²) in [5, 5.41) is 4.07. The average Bonchev–Trinajstić information content (AvgIpc) is 3.25. The van der Waals surface area contributed by atoms with E-state index in [-0.39, 0.29) is 30.9 Å². The Kier molecular flexibility index (Phi) is 4.70. The standard InChI is InChI=1S/C17H20N6O3/c1-12(13-4-6-14(7-5-13)23-11-18-10-19-23)21(3)15(24)9-22-16(25)8-20(2)17(22)26/h4-7,10-12H,8-9H2,1-3H3/t12-/m1/s1. The number of hydrogen-bond acceptors (Lipinski definition) is 5. The number of imide groups is 1. The first-order valence-electron chi connectivity index (χ1n) is 8.14. The molecule has 4 amide bonds. The predicted octanol–water partition coefficient (Wildman–Crippen LogP) is 0.681. The zero-order valence-electron chi connectivity index (χ0n) is 14.9. The first-order valence-corrected chi connectivity index (χ1v) is 8.14. The first-order chi connectivity index (χ1) is 12.4. The monoisotopic (exact) mass is 356 g/mol. The first kappa shape index (κ1) is 17.6. The number of hydrogen-bond donors (Lipinski definition) is 0. The summed E-state index contributed by atoms with van der Waals surface area (Å²) in [5.41, 5.74) is 1.80. The van der Waals surface area contributed by atoms with Crippen LogP contribution in [0.1, 0.15) is 18.5 Å². The molecule has 0 bridgehead atoms. The van der Waals surface area contributed by atoms with Crippen LogP contribution in [0.25, 0.3) is 5.69 Å². The number of amides is 4. The van der Waals surface area contributed by atoms with E-state index in [0.29, 0.717) is 0 Å². The third-order valence-corrected chi connectivity index (χ3v) is 4.56. The van der Waals surface area contributed by atoms with E-state index in [2.05, 4.69) is 10.1 Å². The van der Waals surface area contributed by atoms with Crippen LogP contribution in [0.3, 0.4) is 0 Å². The number of aromatic nitrogens is 3. The van der Waals surface area contributed by atoms with Crippen LogP contribution >= 0.6 is 0 Å². The van der Waals surface area contributed by atoms with E-state index >= 15 is 0 Å². The van der Waals surface area contributed by atoms with Crippen molar-refractivity contribution in [1.29, 1.82) is 0 Å². The fourth-order valence-corrected chi connectivity index (χ4v) is 2.76. The van der Waals surface area contributed by atoms with Crippen molar-refractivity contribution in [2.24, 2.45) is 0 Å². The number of nitrogens with zero attached hydrogens (tertiary/aromatic N) is 6. The van der Waals surface area contributed by atoms with Gasteiger partial charge in [0, 0.05) is 14.1 Å². The Morgan fingerprint density at radius 2 is 1.96 bits per heavy atom. The lowest BCUT2D eigenvalue weighted by Crippen LogP contribution is -2.42. The molecule has 1 aliphatic heterocycles. The van der Waals surface area contributed by atoms with Gasteiger partial charge in [-0.3, -0.25) is 14.5 Å². The number of carbonyl (C=O) groups is 3. The van der Waals surface area contributed by atoms with E-state index in [1.54, 1.807) is 18.1 Å². The molecule has 0 spiro atoms. The highest BCUT2D eigenvalue weighted by molar-refractivity contribution is 6.04. The summed E-state index contributed by atoms with van der Waals surface area (Å²) in [6.07, 6.45) is 3.07. The molecule has 2 aromatic rings. The summed E-state index contributed by atoms with van der Waals surface area (Å²) in [4.78, 5) is 44.0. The molecule has 9 nitrogen and oxygen atoms in total. The maximum Gasteiger partial charge on any atom is 0.327 e. The summed E-state index contributed by atoms with van der Waals surface area (Å²) in [5.74, 6) is -0.654. The van der Waals surface area contributed by atoms with Crippen LogP contribution in [-0.4, -0.2) is 74.5 Å². The van der Waals surface area contributed by atoms with Crippen LogP contribution in [0.2, 0.25) is 0 Å². The molecule has 0 aliphatic carbocycles. The molecule has 9 heteroatoms. The molecule has 2 heterocycles. The second-order valence-electron chi connectivity index (χ2n) is 6.23. The third kappa shape index (κ3) is 3.28. The lowest BCUT2D eigenvalue weighted by atomic mass is 10.1. The Labute approximate surface area is 150 Å². The zero-order chi connectivity index (χ0) is 18.8. The second kappa shape index (κ2) is 6.95. The highest BCUT2D eigenvalue weighted by Gasteiger charge is 2.35. The molecule has 1 aromatic heterocycles. The van der Waals surface area contributed by atoms with Gasteiger partial charge in [0.05, 0.1) is 11.7 Å². The Morgan fingerprint density at radius 3 is 2.50 bits per heavy atom. The Morgan fingerprint density at radius 1 is 1.27 bits per heavy atom. The maximum absolute atomic E-state index is 12.5. The van der Waals surface area contributed by atoms with Crippen molar-refractivity contribution in [3.05, 3.63) is 42.5 Å². The molecule has 0 radical (unpaired) electrons. The summed E-state index contributed by atoms with van der Waals surface area (Å²) < 4.78 is 1.64. The predicted molar refractivity (Wildman–Crippen MR) is 92.3 cm³/mol. The minimum Gasteiger partial charge on any atom is -0.337 e. The molecular formula is C17H20N6O3. The van der Waals surface area contributed by atoms with Crippen LogP contribution in [0.15, 0.2) is 36.9 Å². The van der Waals surface area contributed by atoms with Crippen LogP contribution < -0.4 is 0 Å². The van der Waals surface area contributed by atoms with Crippen molar-refractivity contribution in [2.45, 2.75) is 13.0 Å². The van der Waals surface area contributed by atoms with Crippen molar-refractivity contribution in [2.75, 3.05) is 27.2 Å². The fourth-order valence-electron chi connectivity index (χ4n) is 2.76. The molecule has 1 atom stereocenters. The number of likely N-dealkylation sites (N-methyl/N-ethyl adjacent to an activating group) is 2. The number of benzene rings is 1. The smallest absolute Gasteiger partial charge is 0.327 e. The van der Waals surface area contributed by atoms with Crippen molar-refractivity contribution >= 4 is 17.8 Å². The van der Waals surface area contributed by atoms with E-state index in [0.717, 1.165) is 16.2 Å². The van der Waals surface area contributed by atoms with Crippen molar-refractivity contribution < 1.29 is 14.4 Å². The average molecular weight is 356 g/mol. The van der Waals surface area contributed by atoms with E-state index in [4.69, 9.17) is 0 Å². The van der Waals surface area contributed by atoms with Gasteiger partial charge in [-0.1, -0.05) is 12.1 Å². The molecule has 3 rings (SSSR count). The maximum atomic E-state index is 12.5. The molecule has 1 aromatic carbocycles. The van der Waals surface area contributed by atoms with E-state index in [9.17, 15) is 14.4 Å². The van der Waals surface area contributed by atoms with E-state index in [1.165, 1.54) is 23.2 Å². The molecule has 1 aliphatic rings. The minimum absolute atomic E-state index is 0.00906. The van der Waals surface area contributed by atoms with Gasteiger partial charge in [0.2, 0.25) is 5.91 Å². The fraction of sp³-hybridized carbons (Fsp3) is 0.353. The van der Waals surface area contributed by atoms with Gasteiger partial charge in [0.15, 0.2) is 0 Å². The van der Waals surface area contributed by atoms with Crippen molar-refractivity contribution in [3.63, 3.8) is 0 Å². The van der Waals surface area contributed by atoms with Crippen LogP contribution in [-0.2, 0) is 9.59 Å². The largest absolute Gasteiger partial charge is 0.337 e. The van der Waals surface area contributed by atoms with Gasteiger partial charge < -0.3 is 9.80 Å². The topological polar surface area (TPSA) is 91.6 Å². The summed E-state index contributed by atoms with van der Waals surface area (Å²) in [6, 6.07) is 6.94. The molecule has 1 fully saturated rings. The molecule has 0 saturated carbocycles. The van der Waals surface area contributed by atoms with Gasteiger partial charge in [0.25, 0.3) is 5.91 Å². The quantitative estimate of drug-likeness (QED) is 0.735. The number of carbonyl (C=O) groups excluding carboxylic acids is 3. The van der Waals surface area contributed by atoms with Crippen molar-refractivity contribution in [3.8, 4) is 5.69 Å². The van der Waals surface area contributed by atoms with Crippen LogP contribution in [0.4, 0.5) is 4.79 Å². The van der Waals surface area contributed by atoms with Crippen molar-refractivity contribution in [1.82, 2.24) is 29.5 Å². The van der Waals surface area contributed by atoms with Gasteiger partial charge in [-0.05, 0) is 24.6 Å². The highest BCUT2D eigenvalue weighted by Crippen LogP contribution is 2.21. The van der Waals surface area contributed by atoms with E-state index < -0.39 is 6.03 Å². The zero-order valence-corrected chi connectivity index (χ0v) is 14.9. The van der Waals surface area contributed by atoms with Gasteiger partial charge in [-0.2, -0.15) is 5.10 Å². The molecule has 0 unspecified atom stereocenters. The highest BCUT2D eigenvalue weighted by atomic mass is 16.2. The van der Waals surface area contributed by atoms with Gasteiger partial charge in [-0.25, -0.2) is 14.5 Å². The molecule has 136 valence electrons. The SMILES string of the molecule is C[C@H](c1ccc(-n2cncn2)cc1)N(C)C(=O)CN1C(=O)CN(C)C1=O. The summed E-state index contributed by atoms with van der Waals surface area (Å²) >= 11 is 0. The molecular weight excluding hydrogens is 336 g/mol. The molecule has 0 N–H and O–H groups in total. The van der Waals surface area contributed by atoms with Gasteiger partial charge in [-0.15, -0.1) is 0 Å². The number of urea groups is 1. The van der Waals surface area contributed by atoms with Crippen LogP contribution in [0.5, 0.6) is 0 Å². The summed E-state index contributed by atoms with van der Waals surface area (Å²) in [6.45, 7) is 1.65. The second-order valence-corrected chi connectivity index (χ2v) is 6.23. The third-order valence-electron chi connectivity index (χ3n) is 4.56. The Hall–Kier alpha value is -3.23. The van der Waals surface area contributed by atoms with Gasteiger partial charge >= 0.3 is 6.03 Å². The molecule has 1 saturated heterocycles. The minimum atomic E-state index is -0.443. The normalized spacial score (nSPS) is 15.5. The lowest BCUT2D eigenvalue weighted by molar-refractivity contribution is -0.137. The van der Waals surface area contributed by atoms with E-state index in [1.807, 2.05) is 31.2 Å². The Balaban J connectivity index is 1.67. The van der Waals surface area contributed by atoms with Crippen LogP contribution in [0, 0.1) is 0 Å². The lowest BCUT2D eigenvalue weighted by Gasteiger charge is -2.27. The summed E-state index contributed by atoms with van der Waals surface area (Å²) in [7, 11) is 3.20. The Bertz CT molecular complexity index is 818. The number of rotatable bonds is 5. The molecule has 26 heavy (non-hydrogen) atoms.